The fraction of sp³-hybridized carbons (Fsp3) is 0.167. The Morgan fingerprint density at radius 1 is 0.861 bits per heavy atom. The highest BCUT2D eigenvalue weighted by Crippen LogP contribution is 2.21. The highest BCUT2D eigenvalue weighted by atomic mass is 16.5. The fourth-order valence-corrected chi connectivity index (χ4v) is 3.68. The highest BCUT2D eigenvalue weighted by Gasteiger charge is 2.12. The molecule has 4 rings (SSSR count). The van der Waals surface area contributed by atoms with Gasteiger partial charge in [-0.15, -0.1) is 0 Å². The van der Waals surface area contributed by atoms with Crippen LogP contribution in [-0.2, 0) is 11.2 Å². The maximum atomic E-state index is 12.7. The average Bonchev–Trinajstić information content (AvgIpc) is 2.92. The predicted molar refractivity (Wildman–Crippen MR) is 142 cm³/mol. The Morgan fingerprint density at radius 3 is 2.36 bits per heavy atom. The van der Waals surface area contributed by atoms with E-state index in [2.05, 4.69) is 17.5 Å². The van der Waals surface area contributed by atoms with E-state index in [1.54, 1.807) is 30.3 Å². The first-order chi connectivity index (χ1) is 17.6. The Hall–Kier alpha value is -4.45. The van der Waals surface area contributed by atoms with Gasteiger partial charge in [-0.1, -0.05) is 61.9 Å². The molecule has 0 heterocycles. The molecule has 0 atom stereocenters. The van der Waals surface area contributed by atoms with Crippen LogP contribution in [0.1, 0.15) is 41.3 Å². The van der Waals surface area contributed by atoms with E-state index in [-0.39, 0.29) is 12.5 Å². The lowest BCUT2D eigenvalue weighted by Gasteiger charge is -2.07. The molecule has 0 unspecified atom stereocenters. The molecule has 36 heavy (non-hydrogen) atoms. The lowest BCUT2D eigenvalue weighted by atomic mass is 10.0. The Kier molecular flexibility index (Phi) is 8.44. The van der Waals surface area contributed by atoms with Gasteiger partial charge >= 0.3 is 5.97 Å². The molecule has 0 aliphatic carbocycles. The van der Waals surface area contributed by atoms with Crippen LogP contribution in [0.5, 0.6) is 11.5 Å². The molecule has 0 aliphatic rings. The van der Waals surface area contributed by atoms with Crippen LogP contribution < -0.4 is 14.9 Å². The number of nitrogens with one attached hydrogen (secondary N) is 1. The topological polar surface area (TPSA) is 77.0 Å². The summed E-state index contributed by atoms with van der Waals surface area (Å²) < 4.78 is 11.0. The minimum atomic E-state index is -0.420. The second-order valence-electron chi connectivity index (χ2n) is 8.31. The van der Waals surface area contributed by atoms with Crippen LogP contribution in [0, 0.1) is 0 Å². The van der Waals surface area contributed by atoms with E-state index in [0.717, 1.165) is 35.6 Å². The third kappa shape index (κ3) is 6.79. The number of amides is 1. The molecule has 6 heteroatoms. The van der Waals surface area contributed by atoms with Gasteiger partial charge in [-0.2, -0.15) is 5.10 Å². The van der Waals surface area contributed by atoms with E-state index in [1.807, 2.05) is 60.7 Å². The zero-order valence-corrected chi connectivity index (χ0v) is 20.1. The molecule has 0 fully saturated rings. The van der Waals surface area contributed by atoms with Gasteiger partial charge in [0.2, 0.25) is 0 Å². The Balaban J connectivity index is 1.25. The van der Waals surface area contributed by atoms with Gasteiger partial charge in [-0.25, -0.2) is 10.2 Å². The van der Waals surface area contributed by atoms with E-state index in [9.17, 15) is 9.59 Å². The number of hydrogen-bond acceptors (Lipinski definition) is 5. The van der Waals surface area contributed by atoms with E-state index in [0.29, 0.717) is 17.1 Å². The first kappa shape index (κ1) is 24.7. The summed E-state index contributed by atoms with van der Waals surface area (Å²) in [6.07, 6.45) is 4.86. The van der Waals surface area contributed by atoms with Crippen LogP contribution in [0.25, 0.3) is 10.8 Å². The molecular weight excluding hydrogens is 452 g/mol. The molecule has 0 saturated heterocycles. The summed E-state index contributed by atoms with van der Waals surface area (Å²) in [6.45, 7) is 2.04. The monoisotopic (exact) mass is 480 g/mol. The number of nitrogens with zero attached hydrogens (tertiary/aromatic N) is 1. The zero-order chi connectivity index (χ0) is 25.2. The second-order valence-corrected chi connectivity index (χ2v) is 8.31. The first-order valence-electron chi connectivity index (χ1n) is 12.0. The number of carbonyl (C=O) groups is 2. The lowest BCUT2D eigenvalue weighted by molar-refractivity contribution is -0.123. The summed E-state index contributed by atoms with van der Waals surface area (Å²) in [4.78, 5) is 24.7. The molecule has 0 bridgehead atoms. The van der Waals surface area contributed by atoms with Gasteiger partial charge in [0.25, 0.3) is 5.91 Å². The molecule has 4 aromatic carbocycles. The molecular formula is C30H28N2O4. The van der Waals surface area contributed by atoms with E-state index < -0.39 is 5.97 Å². The summed E-state index contributed by atoms with van der Waals surface area (Å²) in [5.74, 6) is 0.282. The van der Waals surface area contributed by atoms with E-state index in [4.69, 9.17) is 9.47 Å². The number of rotatable bonds is 10. The fourth-order valence-electron chi connectivity index (χ4n) is 3.68. The maximum absolute atomic E-state index is 12.7. The van der Waals surface area contributed by atoms with Crippen molar-refractivity contribution in [3.05, 3.63) is 108 Å². The minimum Gasteiger partial charge on any atom is -0.484 e. The summed E-state index contributed by atoms with van der Waals surface area (Å²) in [5, 5.41) is 5.78. The Bertz CT molecular complexity index is 1340. The molecule has 0 aromatic heterocycles. The largest absolute Gasteiger partial charge is 0.484 e. The zero-order valence-electron chi connectivity index (χ0n) is 20.1. The molecule has 6 nitrogen and oxygen atoms in total. The number of ether oxygens (including phenoxy) is 2. The van der Waals surface area contributed by atoms with Crippen LogP contribution >= 0.6 is 0 Å². The van der Waals surface area contributed by atoms with Crippen molar-refractivity contribution in [1.29, 1.82) is 0 Å². The average molecular weight is 481 g/mol. The molecule has 4 aromatic rings. The van der Waals surface area contributed by atoms with Crippen molar-refractivity contribution >= 4 is 28.9 Å². The summed E-state index contributed by atoms with van der Waals surface area (Å²) in [7, 11) is 0. The van der Waals surface area contributed by atoms with Crippen LogP contribution in [-0.4, -0.2) is 24.7 Å². The smallest absolute Gasteiger partial charge is 0.344 e. The van der Waals surface area contributed by atoms with Crippen molar-refractivity contribution in [1.82, 2.24) is 5.43 Å². The Labute approximate surface area is 210 Å². The van der Waals surface area contributed by atoms with Crippen LogP contribution in [0.4, 0.5) is 0 Å². The van der Waals surface area contributed by atoms with Crippen molar-refractivity contribution < 1.29 is 19.1 Å². The van der Waals surface area contributed by atoms with Gasteiger partial charge < -0.3 is 9.47 Å². The van der Waals surface area contributed by atoms with Crippen molar-refractivity contribution in [2.75, 3.05) is 6.61 Å². The van der Waals surface area contributed by atoms with E-state index in [1.165, 1.54) is 11.8 Å². The molecule has 182 valence electrons. The van der Waals surface area contributed by atoms with Gasteiger partial charge in [-0.3, -0.25) is 4.79 Å². The standard InChI is InChI=1S/C30H28N2O4/c1-2-3-7-22-12-16-25(17-13-22)35-21-29(33)32-31-20-23-14-18-26(19-15-23)36-30(34)28-11-6-9-24-8-4-5-10-27(24)28/h4-6,8-20H,2-3,7,21H2,1H3,(H,32,33)/b31-20+. The van der Waals surface area contributed by atoms with Crippen LogP contribution in [0.3, 0.4) is 0 Å². The van der Waals surface area contributed by atoms with Gasteiger partial charge in [0.05, 0.1) is 11.8 Å². The summed E-state index contributed by atoms with van der Waals surface area (Å²) in [6, 6.07) is 27.9. The number of unbranched alkanes of at least 4 members (excludes halogenated alkanes) is 1. The predicted octanol–water partition coefficient (Wildman–Crippen LogP) is 5.93. The third-order valence-electron chi connectivity index (χ3n) is 5.62. The number of carbonyl (C=O) groups excluding carboxylic acids is 2. The quantitative estimate of drug-likeness (QED) is 0.132. The first-order valence-corrected chi connectivity index (χ1v) is 12.0. The summed E-state index contributed by atoms with van der Waals surface area (Å²) in [5.41, 5.74) is 4.95. The van der Waals surface area contributed by atoms with Gasteiger partial charge in [0.1, 0.15) is 11.5 Å². The number of benzene rings is 4. The maximum Gasteiger partial charge on any atom is 0.344 e. The molecule has 0 aliphatic heterocycles. The van der Waals surface area contributed by atoms with E-state index >= 15 is 0 Å². The SMILES string of the molecule is CCCCc1ccc(OCC(=O)N/N=C/c2ccc(OC(=O)c3cccc4ccccc34)cc2)cc1. The van der Waals surface area contributed by atoms with Crippen molar-refractivity contribution in [2.24, 2.45) is 5.10 Å². The lowest BCUT2D eigenvalue weighted by Crippen LogP contribution is -2.24. The van der Waals surface area contributed by atoms with Crippen LogP contribution in [0.2, 0.25) is 0 Å². The van der Waals surface area contributed by atoms with Crippen LogP contribution in [0.15, 0.2) is 96.1 Å². The molecule has 0 saturated carbocycles. The van der Waals surface area contributed by atoms with Crippen molar-refractivity contribution in [2.45, 2.75) is 26.2 Å². The number of hydrogen-bond donors (Lipinski definition) is 1. The molecule has 1 N–H and O–H groups in total. The normalized spacial score (nSPS) is 10.9. The van der Waals surface area contributed by atoms with Gasteiger partial charge in [0.15, 0.2) is 6.61 Å². The van der Waals surface area contributed by atoms with Crippen molar-refractivity contribution in [3.63, 3.8) is 0 Å². The highest BCUT2D eigenvalue weighted by molar-refractivity contribution is 6.05. The molecule has 0 radical (unpaired) electrons. The number of hydrazone groups is 1. The second kappa shape index (κ2) is 12.3. The number of fused-ring (bicyclic) bond motifs is 1. The number of aryl methyl sites for hydroxylation is 1. The third-order valence-corrected chi connectivity index (χ3v) is 5.62. The molecule has 0 spiro atoms. The van der Waals surface area contributed by atoms with Gasteiger partial charge in [0, 0.05) is 0 Å². The number of esters is 1. The van der Waals surface area contributed by atoms with Crippen molar-refractivity contribution in [3.8, 4) is 11.5 Å². The van der Waals surface area contributed by atoms with Gasteiger partial charge in [-0.05, 0) is 77.2 Å². The minimum absolute atomic E-state index is 0.130. The Morgan fingerprint density at radius 2 is 1.58 bits per heavy atom. The molecule has 1 amide bonds. The summed E-state index contributed by atoms with van der Waals surface area (Å²) >= 11 is 0.